The van der Waals surface area contributed by atoms with Crippen LogP contribution >= 0.6 is 0 Å². The molecule has 0 amide bonds. The molecule has 0 rings (SSSR count). The molecule has 9 heavy (non-hydrogen) atoms. The molecule has 0 aromatic carbocycles. The third kappa shape index (κ3) is 72.0. The van der Waals surface area contributed by atoms with E-state index in [1.165, 1.54) is 25.7 Å². The Morgan fingerprint density at radius 2 is 0.667 bits per heavy atom. The lowest BCUT2D eigenvalue weighted by atomic mass is 10.4. The zero-order valence-corrected chi connectivity index (χ0v) is 6.83. The summed E-state index contributed by atoms with van der Waals surface area (Å²) in [5, 5.41) is 0. The third-order valence-corrected chi connectivity index (χ3v) is 1.000. The summed E-state index contributed by atoms with van der Waals surface area (Å²) in [7, 11) is 0. The topological polar surface area (TPSA) is 0 Å². The summed E-state index contributed by atoms with van der Waals surface area (Å²) in [5.74, 6) is 0. The monoisotopic (exact) mass is 132 g/mol. The Hall–Kier alpha value is 0. The molecule has 0 heteroatoms. The van der Waals surface area contributed by atoms with Gasteiger partial charge in [-0.3, -0.25) is 0 Å². The minimum Gasteiger partial charge on any atom is -0.0776 e. The molecule has 0 aliphatic rings. The Bertz CT molecular complexity index is 8.00. The molecular formula is C9H24. The van der Waals surface area contributed by atoms with Crippen LogP contribution in [-0.4, -0.2) is 0 Å². The van der Waals surface area contributed by atoms with Crippen LogP contribution in [0.25, 0.3) is 0 Å². The zero-order chi connectivity index (χ0) is 6.83. The van der Waals surface area contributed by atoms with E-state index in [1.807, 2.05) is 0 Å². The van der Waals surface area contributed by atoms with Gasteiger partial charge in [0.15, 0.2) is 0 Å². The van der Waals surface area contributed by atoms with E-state index in [4.69, 9.17) is 0 Å². The molecule has 0 saturated carbocycles. The molecule has 60 valence electrons. The van der Waals surface area contributed by atoms with Crippen LogP contribution in [-0.2, 0) is 0 Å². The van der Waals surface area contributed by atoms with Crippen molar-refractivity contribution in [1.82, 2.24) is 0 Å². The first-order valence-electron chi connectivity index (χ1n) is 3.83. The van der Waals surface area contributed by atoms with Crippen molar-refractivity contribution >= 4 is 0 Å². The van der Waals surface area contributed by atoms with Crippen molar-refractivity contribution in [2.24, 2.45) is 0 Å². The maximum atomic E-state index is 2.18. The Balaban J connectivity index is -0.0000000720. The second-order valence-corrected chi connectivity index (χ2v) is 2.00. The number of hydrogen-bond donors (Lipinski definition) is 0. The standard InChI is InChI=1S/2C4H10.CH4/c2*1-3-4-2;/h2*3-4H2,1-2H3;1H4. The van der Waals surface area contributed by atoms with E-state index in [-0.39, 0.29) is 7.43 Å². The fourth-order valence-electron chi connectivity index (χ4n) is 0. The molecule has 0 radical (unpaired) electrons. The van der Waals surface area contributed by atoms with Crippen LogP contribution in [0, 0.1) is 0 Å². The van der Waals surface area contributed by atoms with Crippen molar-refractivity contribution in [3.63, 3.8) is 0 Å². The van der Waals surface area contributed by atoms with Crippen LogP contribution in [0.3, 0.4) is 0 Å². The minimum absolute atomic E-state index is 0. The summed E-state index contributed by atoms with van der Waals surface area (Å²) in [6.07, 6.45) is 5.28. The zero-order valence-electron chi connectivity index (χ0n) is 6.83. The van der Waals surface area contributed by atoms with E-state index in [0.29, 0.717) is 0 Å². The van der Waals surface area contributed by atoms with E-state index < -0.39 is 0 Å². The van der Waals surface area contributed by atoms with Crippen molar-refractivity contribution in [3.05, 3.63) is 0 Å². The predicted octanol–water partition coefficient (Wildman–Crippen LogP) is 4.25. The van der Waals surface area contributed by atoms with E-state index in [1.54, 1.807) is 0 Å². The van der Waals surface area contributed by atoms with Gasteiger partial charge in [-0.15, -0.1) is 0 Å². The fraction of sp³-hybridized carbons (Fsp3) is 1.00. The van der Waals surface area contributed by atoms with Gasteiger partial charge >= 0.3 is 0 Å². The molecule has 0 unspecified atom stereocenters. The highest BCUT2D eigenvalue weighted by Gasteiger charge is 1.56. The number of hydrogen-bond acceptors (Lipinski definition) is 0. The van der Waals surface area contributed by atoms with Crippen LogP contribution < -0.4 is 0 Å². The molecule has 0 aliphatic carbocycles. The molecule has 0 nitrogen and oxygen atoms in total. The summed E-state index contributed by atoms with van der Waals surface area (Å²) < 4.78 is 0. The highest BCUT2D eigenvalue weighted by molar-refractivity contribution is 4.13. The average Bonchev–Trinajstić information content (AvgIpc) is 1.88. The lowest BCUT2D eigenvalue weighted by Gasteiger charge is -1.68. The molecule has 0 aromatic heterocycles. The SMILES string of the molecule is C.CCCC.CCCC. The quantitative estimate of drug-likeness (QED) is 0.527. The Kier molecular flexibility index (Phi) is 43.6. The largest absolute Gasteiger partial charge is 0.0776 e. The van der Waals surface area contributed by atoms with Crippen LogP contribution in [0.1, 0.15) is 60.8 Å². The molecule has 0 atom stereocenters. The van der Waals surface area contributed by atoms with E-state index in [0.717, 1.165) is 0 Å². The van der Waals surface area contributed by atoms with Crippen molar-refractivity contribution < 1.29 is 0 Å². The van der Waals surface area contributed by atoms with Crippen LogP contribution in [0.5, 0.6) is 0 Å². The smallest absolute Gasteiger partial charge is 0.0564 e. The lowest BCUT2D eigenvalue weighted by Crippen LogP contribution is -1.47. The van der Waals surface area contributed by atoms with Crippen LogP contribution in [0.4, 0.5) is 0 Å². The third-order valence-electron chi connectivity index (χ3n) is 1.000. The Morgan fingerprint density at radius 3 is 0.667 bits per heavy atom. The maximum Gasteiger partial charge on any atom is -0.0564 e. The molecule has 0 aromatic rings. The Labute approximate surface area is 61.7 Å². The summed E-state index contributed by atoms with van der Waals surface area (Å²) in [6, 6.07) is 0. The number of rotatable bonds is 2. The van der Waals surface area contributed by atoms with Crippen molar-refractivity contribution in [1.29, 1.82) is 0 Å². The first kappa shape index (κ1) is 16.0. The van der Waals surface area contributed by atoms with Gasteiger partial charge in [-0.25, -0.2) is 0 Å². The van der Waals surface area contributed by atoms with Crippen LogP contribution in [0.2, 0.25) is 0 Å². The van der Waals surface area contributed by atoms with Gasteiger partial charge in [0.1, 0.15) is 0 Å². The van der Waals surface area contributed by atoms with Crippen molar-refractivity contribution in [2.45, 2.75) is 60.8 Å². The van der Waals surface area contributed by atoms with Gasteiger partial charge < -0.3 is 0 Å². The van der Waals surface area contributed by atoms with Gasteiger partial charge in [0, 0.05) is 0 Å². The van der Waals surface area contributed by atoms with Gasteiger partial charge in [-0.05, 0) is 0 Å². The van der Waals surface area contributed by atoms with Gasteiger partial charge in [0.2, 0.25) is 0 Å². The van der Waals surface area contributed by atoms with Gasteiger partial charge in [0.05, 0.1) is 0 Å². The van der Waals surface area contributed by atoms with Crippen molar-refractivity contribution in [3.8, 4) is 0 Å². The van der Waals surface area contributed by atoms with Gasteiger partial charge in [-0.1, -0.05) is 60.8 Å². The predicted molar refractivity (Wildman–Crippen MR) is 47.9 cm³/mol. The molecule has 0 fully saturated rings. The average molecular weight is 132 g/mol. The molecule has 0 heterocycles. The molecule has 0 aliphatic heterocycles. The number of unbranched alkanes of at least 4 members (excludes halogenated alkanes) is 2. The van der Waals surface area contributed by atoms with E-state index in [9.17, 15) is 0 Å². The summed E-state index contributed by atoms with van der Waals surface area (Å²) in [4.78, 5) is 0. The first-order valence-corrected chi connectivity index (χ1v) is 3.83. The summed E-state index contributed by atoms with van der Waals surface area (Å²) in [5.41, 5.74) is 0. The fourth-order valence-corrected chi connectivity index (χ4v) is 0. The lowest BCUT2D eigenvalue weighted by molar-refractivity contribution is 0.886. The van der Waals surface area contributed by atoms with Crippen molar-refractivity contribution in [2.75, 3.05) is 0 Å². The summed E-state index contributed by atoms with van der Waals surface area (Å²) in [6.45, 7) is 8.72. The second kappa shape index (κ2) is 24.5. The second-order valence-electron chi connectivity index (χ2n) is 2.00. The first-order chi connectivity index (χ1) is 3.83. The molecule has 0 saturated heterocycles. The van der Waals surface area contributed by atoms with E-state index >= 15 is 0 Å². The minimum atomic E-state index is 0. The highest BCUT2D eigenvalue weighted by atomic mass is 13.6. The molecular weight excluding hydrogens is 108 g/mol. The molecule has 0 N–H and O–H groups in total. The Morgan fingerprint density at radius 1 is 0.556 bits per heavy atom. The van der Waals surface area contributed by atoms with Gasteiger partial charge in [0.25, 0.3) is 0 Å². The highest BCUT2D eigenvalue weighted by Crippen LogP contribution is 1.77. The summed E-state index contributed by atoms with van der Waals surface area (Å²) >= 11 is 0. The van der Waals surface area contributed by atoms with Gasteiger partial charge in [-0.2, -0.15) is 0 Å². The molecule has 0 bridgehead atoms. The maximum absolute atomic E-state index is 2.18. The normalized spacial score (nSPS) is 6.67. The van der Waals surface area contributed by atoms with E-state index in [2.05, 4.69) is 27.7 Å². The molecule has 0 spiro atoms. The van der Waals surface area contributed by atoms with Crippen LogP contribution in [0.15, 0.2) is 0 Å².